The molecule has 0 heterocycles. The van der Waals surface area contributed by atoms with Gasteiger partial charge in [-0.1, -0.05) is 36.4 Å². The first-order chi connectivity index (χ1) is 13.4. The van der Waals surface area contributed by atoms with Gasteiger partial charge in [-0.2, -0.15) is 13.2 Å². The Kier molecular flexibility index (Phi) is 7.10. The molecule has 1 aliphatic carbocycles. The number of halogens is 3. The third-order valence-electron chi connectivity index (χ3n) is 5.16. The Morgan fingerprint density at radius 2 is 1.86 bits per heavy atom. The van der Waals surface area contributed by atoms with Crippen molar-refractivity contribution in [3.05, 3.63) is 70.8 Å². The van der Waals surface area contributed by atoms with Gasteiger partial charge in [-0.25, -0.2) is 0 Å². The Hall–Kier alpha value is -1.89. The molecule has 3 rings (SSSR count). The van der Waals surface area contributed by atoms with Gasteiger partial charge in [0.25, 0.3) is 0 Å². The summed E-state index contributed by atoms with van der Waals surface area (Å²) in [5.74, 6) is 0. The van der Waals surface area contributed by atoms with Crippen LogP contribution in [0.1, 0.15) is 41.2 Å². The van der Waals surface area contributed by atoms with Crippen LogP contribution in [0.25, 0.3) is 0 Å². The molecule has 0 unspecified atom stereocenters. The number of fused-ring (bicyclic) bond motifs is 1. The van der Waals surface area contributed by atoms with Gasteiger partial charge in [0.1, 0.15) is 12.6 Å². The summed E-state index contributed by atoms with van der Waals surface area (Å²) >= 11 is 0. The van der Waals surface area contributed by atoms with Gasteiger partial charge >= 0.3 is 6.18 Å². The van der Waals surface area contributed by atoms with E-state index in [1.165, 1.54) is 23.3 Å². The molecule has 0 radical (unpaired) electrons. The van der Waals surface area contributed by atoms with Crippen LogP contribution in [0.3, 0.4) is 0 Å². The zero-order valence-electron chi connectivity index (χ0n) is 15.8. The fraction of sp³-hybridized carbons (Fsp3) is 0.455. The van der Waals surface area contributed by atoms with Crippen molar-refractivity contribution < 1.29 is 28.3 Å². The maximum atomic E-state index is 12.6. The van der Waals surface area contributed by atoms with Gasteiger partial charge in [-0.3, -0.25) is 0 Å². The Morgan fingerprint density at radius 1 is 1.11 bits per heavy atom. The van der Waals surface area contributed by atoms with Crippen molar-refractivity contribution in [1.82, 2.24) is 0 Å². The van der Waals surface area contributed by atoms with Crippen molar-refractivity contribution in [3.8, 4) is 0 Å². The summed E-state index contributed by atoms with van der Waals surface area (Å²) in [5, 5.41) is 12.1. The average Bonchev–Trinajstić information content (AvgIpc) is 2.69. The number of aryl methyl sites for hydroxylation is 1. The van der Waals surface area contributed by atoms with E-state index in [2.05, 4.69) is 12.1 Å². The van der Waals surface area contributed by atoms with Crippen molar-refractivity contribution in [2.45, 2.75) is 44.1 Å². The molecule has 0 aliphatic heterocycles. The predicted molar refractivity (Wildman–Crippen MR) is 101 cm³/mol. The van der Waals surface area contributed by atoms with Gasteiger partial charge in [-0.15, -0.1) is 0 Å². The minimum atomic E-state index is -4.30. The summed E-state index contributed by atoms with van der Waals surface area (Å²) in [7, 11) is 0. The number of quaternary nitrogens is 1. The predicted octanol–water partition coefficient (Wildman–Crippen LogP) is 3.27. The molecule has 0 aromatic heterocycles. The number of aliphatic hydroxyl groups is 1. The molecule has 0 bridgehead atoms. The minimum Gasteiger partial charge on any atom is -0.385 e. The molecule has 2 aromatic carbocycles. The van der Waals surface area contributed by atoms with Crippen LogP contribution >= 0.6 is 0 Å². The first-order valence-electron chi connectivity index (χ1n) is 9.79. The van der Waals surface area contributed by atoms with E-state index >= 15 is 0 Å². The van der Waals surface area contributed by atoms with Crippen LogP contribution in [0, 0.1) is 0 Å². The van der Waals surface area contributed by atoms with Gasteiger partial charge in [0, 0.05) is 6.42 Å². The SMILES string of the molecule is O[C@H](C[NH2+]CCc1ccc(C(F)(F)F)cc1)CO[C@@H]1CCCc2ccccc21. The number of benzene rings is 2. The van der Waals surface area contributed by atoms with Gasteiger partial charge in [0.2, 0.25) is 0 Å². The second-order valence-electron chi connectivity index (χ2n) is 7.32. The molecule has 1 aliphatic rings. The highest BCUT2D eigenvalue weighted by atomic mass is 19.4. The molecule has 3 nitrogen and oxygen atoms in total. The fourth-order valence-electron chi connectivity index (χ4n) is 3.62. The fourth-order valence-corrected chi connectivity index (χ4v) is 3.62. The van der Waals surface area contributed by atoms with Crippen molar-refractivity contribution in [3.63, 3.8) is 0 Å². The van der Waals surface area contributed by atoms with Crippen molar-refractivity contribution in [2.24, 2.45) is 0 Å². The lowest BCUT2D eigenvalue weighted by Crippen LogP contribution is -2.87. The molecule has 3 N–H and O–H groups in total. The maximum Gasteiger partial charge on any atom is 0.416 e. The summed E-state index contributed by atoms with van der Waals surface area (Å²) in [4.78, 5) is 0. The van der Waals surface area contributed by atoms with Crippen LogP contribution in [0.2, 0.25) is 0 Å². The van der Waals surface area contributed by atoms with E-state index in [1.807, 2.05) is 17.4 Å². The highest BCUT2D eigenvalue weighted by Gasteiger charge is 2.29. The molecular weight excluding hydrogens is 367 g/mol. The van der Waals surface area contributed by atoms with Crippen LogP contribution < -0.4 is 5.32 Å². The van der Waals surface area contributed by atoms with E-state index in [1.54, 1.807) is 0 Å². The molecule has 0 saturated heterocycles. The number of hydrogen-bond acceptors (Lipinski definition) is 2. The molecule has 0 fully saturated rings. The molecule has 152 valence electrons. The van der Waals surface area contributed by atoms with Crippen molar-refractivity contribution >= 4 is 0 Å². The zero-order valence-corrected chi connectivity index (χ0v) is 15.8. The number of rotatable bonds is 8. The Balaban J connectivity index is 1.36. The van der Waals surface area contributed by atoms with Crippen LogP contribution in [-0.4, -0.2) is 30.9 Å². The van der Waals surface area contributed by atoms with Gasteiger partial charge in [0.15, 0.2) is 0 Å². The first kappa shape index (κ1) is 20.8. The Morgan fingerprint density at radius 3 is 2.61 bits per heavy atom. The second kappa shape index (κ2) is 9.54. The van der Waals surface area contributed by atoms with Crippen LogP contribution in [-0.2, 0) is 23.8 Å². The monoisotopic (exact) mass is 394 g/mol. The molecule has 28 heavy (non-hydrogen) atoms. The average molecular weight is 394 g/mol. The summed E-state index contributed by atoms with van der Waals surface area (Å²) in [6.45, 7) is 1.50. The van der Waals surface area contributed by atoms with Crippen LogP contribution in [0.4, 0.5) is 13.2 Å². The molecular formula is C22H27F3NO2+. The first-order valence-corrected chi connectivity index (χ1v) is 9.79. The lowest BCUT2D eigenvalue weighted by Gasteiger charge is -2.26. The van der Waals surface area contributed by atoms with E-state index in [-0.39, 0.29) is 12.7 Å². The van der Waals surface area contributed by atoms with Crippen molar-refractivity contribution in [1.29, 1.82) is 0 Å². The Labute approximate surface area is 163 Å². The molecule has 2 aromatic rings. The number of nitrogens with two attached hydrogens (primary N) is 1. The number of alkyl halides is 3. The largest absolute Gasteiger partial charge is 0.416 e. The summed E-state index contributed by atoms with van der Waals surface area (Å²) in [6, 6.07) is 13.5. The molecule has 0 saturated carbocycles. The number of hydrogen-bond donors (Lipinski definition) is 2. The minimum absolute atomic E-state index is 0.0479. The van der Waals surface area contributed by atoms with Crippen LogP contribution in [0.15, 0.2) is 48.5 Å². The number of aliphatic hydroxyl groups excluding tert-OH is 1. The van der Waals surface area contributed by atoms with Crippen LogP contribution in [0.5, 0.6) is 0 Å². The highest BCUT2D eigenvalue weighted by molar-refractivity contribution is 5.31. The second-order valence-corrected chi connectivity index (χ2v) is 7.32. The van der Waals surface area contributed by atoms with E-state index in [0.29, 0.717) is 19.5 Å². The quantitative estimate of drug-likeness (QED) is 0.675. The van der Waals surface area contributed by atoms with Gasteiger partial charge in [0.05, 0.1) is 24.8 Å². The van der Waals surface area contributed by atoms with Crippen molar-refractivity contribution in [2.75, 3.05) is 19.7 Å². The molecule has 0 amide bonds. The lowest BCUT2D eigenvalue weighted by molar-refractivity contribution is -0.660. The summed E-state index contributed by atoms with van der Waals surface area (Å²) in [6.07, 6.45) is -1.02. The lowest BCUT2D eigenvalue weighted by atomic mass is 9.89. The zero-order chi connectivity index (χ0) is 20.0. The van der Waals surface area contributed by atoms with E-state index < -0.39 is 17.8 Å². The van der Waals surface area contributed by atoms with Gasteiger partial charge < -0.3 is 15.2 Å². The summed E-state index contributed by atoms with van der Waals surface area (Å²) < 4.78 is 43.6. The highest BCUT2D eigenvalue weighted by Crippen LogP contribution is 2.32. The van der Waals surface area contributed by atoms with E-state index in [0.717, 1.165) is 37.0 Å². The molecule has 0 spiro atoms. The molecule has 2 atom stereocenters. The third kappa shape index (κ3) is 5.80. The Bertz CT molecular complexity index is 746. The smallest absolute Gasteiger partial charge is 0.385 e. The standard InChI is InChI=1S/C22H26F3NO2/c23-22(24,25)18-10-8-16(9-11-18)12-13-26-14-19(27)15-28-21-7-3-5-17-4-1-2-6-20(17)21/h1-2,4,6,8-11,19,21,26-27H,3,5,7,12-15H2/p+1/t19-,21-/m1/s1. The number of ether oxygens (including phenoxy) is 1. The normalized spacial score (nSPS) is 17.9. The molecule has 6 heteroatoms. The topological polar surface area (TPSA) is 46.1 Å². The van der Waals surface area contributed by atoms with E-state index in [9.17, 15) is 18.3 Å². The van der Waals surface area contributed by atoms with E-state index in [4.69, 9.17) is 4.74 Å². The summed E-state index contributed by atoms with van der Waals surface area (Å²) in [5.41, 5.74) is 2.79. The van der Waals surface area contributed by atoms with Gasteiger partial charge in [-0.05, 0) is 48.1 Å². The third-order valence-corrected chi connectivity index (χ3v) is 5.16. The maximum absolute atomic E-state index is 12.6.